The minimum Gasteiger partial charge on any atom is -0.423 e. The molecule has 0 amide bonds. The summed E-state index contributed by atoms with van der Waals surface area (Å²) >= 11 is 0. The van der Waals surface area contributed by atoms with Gasteiger partial charge in [0, 0.05) is 18.8 Å². The summed E-state index contributed by atoms with van der Waals surface area (Å²) in [6.45, 7) is 3.96. The van der Waals surface area contributed by atoms with Gasteiger partial charge in [-0.15, -0.1) is 0 Å². The maximum Gasteiger partial charge on any atom is 0.300 e. The van der Waals surface area contributed by atoms with E-state index < -0.39 is 5.82 Å². The number of oxazole rings is 1. The maximum atomic E-state index is 14.9. The molecule has 0 unspecified atom stereocenters. The third-order valence-electron chi connectivity index (χ3n) is 5.05. The van der Waals surface area contributed by atoms with Crippen molar-refractivity contribution >= 4 is 39.7 Å². The summed E-state index contributed by atoms with van der Waals surface area (Å²) in [7, 11) is 1.79. The van der Waals surface area contributed by atoms with Crippen LogP contribution in [0, 0.1) is 19.7 Å². The highest BCUT2D eigenvalue weighted by atomic mass is 19.1. The Morgan fingerprint density at radius 3 is 2.77 bits per heavy atom. The van der Waals surface area contributed by atoms with Crippen LogP contribution >= 0.6 is 0 Å². The van der Waals surface area contributed by atoms with Crippen LogP contribution in [0.5, 0.6) is 0 Å². The van der Waals surface area contributed by atoms with Crippen LogP contribution < -0.4 is 10.6 Å². The number of aromatic nitrogens is 4. The Morgan fingerprint density at radius 1 is 1.10 bits per heavy atom. The van der Waals surface area contributed by atoms with Gasteiger partial charge in [-0.3, -0.25) is 0 Å². The van der Waals surface area contributed by atoms with E-state index in [0.29, 0.717) is 22.6 Å². The third kappa shape index (κ3) is 2.93. The number of nitrogens with zero attached hydrogens (tertiary/aromatic N) is 3. The van der Waals surface area contributed by atoms with E-state index in [1.165, 1.54) is 12.4 Å². The molecular formula is C22H19FN6O. The van der Waals surface area contributed by atoms with Crippen molar-refractivity contribution in [3.63, 3.8) is 0 Å². The summed E-state index contributed by atoms with van der Waals surface area (Å²) in [5.41, 5.74) is 6.01. The number of fused-ring (bicyclic) bond motifs is 2. The topological polar surface area (TPSA) is 91.7 Å². The smallest absolute Gasteiger partial charge is 0.300 e. The minimum atomic E-state index is -0.417. The molecule has 0 bridgehead atoms. The van der Waals surface area contributed by atoms with E-state index in [9.17, 15) is 4.39 Å². The molecule has 0 fully saturated rings. The number of hydrogen-bond donors (Lipinski definition) is 3. The Labute approximate surface area is 171 Å². The van der Waals surface area contributed by atoms with E-state index in [1.54, 1.807) is 19.3 Å². The Hall–Kier alpha value is -3.94. The SMILES string of the molecule is CNc1ncnc2[nH]cc(-c3ccc(Nc4nc5cc(C)cc(C)c5o4)c(F)c3)c12. The van der Waals surface area contributed by atoms with Gasteiger partial charge in [0.05, 0.1) is 11.1 Å². The molecule has 0 radical (unpaired) electrons. The van der Waals surface area contributed by atoms with E-state index in [-0.39, 0.29) is 11.7 Å². The van der Waals surface area contributed by atoms with Crippen molar-refractivity contribution in [2.45, 2.75) is 13.8 Å². The van der Waals surface area contributed by atoms with E-state index >= 15 is 0 Å². The monoisotopic (exact) mass is 402 g/mol. The first-order valence-corrected chi connectivity index (χ1v) is 9.48. The number of aromatic amines is 1. The van der Waals surface area contributed by atoms with Crippen molar-refractivity contribution in [1.29, 1.82) is 0 Å². The zero-order valence-corrected chi connectivity index (χ0v) is 16.7. The van der Waals surface area contributed by atoms with Gasteiger partial charge in [-0.05, 0) is 48.7 Å². The standard InChI is InChI=1S/C22H19FN6O/c1-11-6-12(2)19-17(7-11)29-22(30-19)28-16-5-4-13(8-15(16)23)14-9-25-21-18(14)20(24-3)26-10-27-21/h4-10H,1-3H3,(H,28,29)(H2,24,25,26,27). The van der Waals surface area contributed by atoms with Gasteiger partial charge in [0.2, 0.25) is 0 Å². The van der Waals surface area contributed by atoms with Crippen molar-refractivity contribution in [1.82, 2.24) is 19.9 Å². The largest absolute Gasteiger partial charge is 0.423 e. The molecular weight excluding hydrogens is 383 g/mol. The van der Waals surface area contributed by atoms with Gasteiger partial charge in [0.25, 0.3) is 6.01 Å². The number of benzene rings is 2. The molecule has 3 heterocycles. The fourth-order valence-electron chi connectivity index (χ4n) is 3.71. The van der Waals surface area contributed by atoms with Gasteiger partial charge in [-0.25, -0.2) is 14.4 Å². The summed E-state index contributed by atoms with van der Waals surface area (Å²) in [6.07, 6.45) is 3.28. The first-order valence-electron chi connectivity index (χ1n) is 9.48. The molecule has 0 atom stereocenters. The van der Waals surface area contributed by atoms with E-state index in [0.717, 1.165) is 27.6 Å². The average molecular weight is 402 g/mol. The molecule has 30 heavy (non-hydrogen) atoms. The normalized spacial score (nSPS) is 11.3. The minimum absolute atomic E-state index is 0.253. The number of rotatable bonds is 4. The first kappa shape index (κ1) is 18.1. The van der Waals surface area contributed by atoms with Gasteiger partial charge in [-0.2, -0.15) is 4.98 Å². The Balaban J connectivity index is 1.51. The fraction of sp³-hybridized carbons (Fsp3) is 0.136. The second-order valence-corrected chi connectivity index (χ2v) is 7.17. The molecule has 3 aromatic heterocycles. The first-order chi connectivity index (χ1) is 14.5. The molecule has 8 heteroatoms. The molecule has 150 valence electrons. The van der Waals surface area contributed by atoms with Crippen LogP contribution in [0.3, 0.4) is 0 Å². The van der Waals surface area contributed by atoms with Crippen LogP contribution in [0.1, 0.15) is 11.1 Å². The van der Waals surface area contributed by atoms with Crippen LogP contribution in [-0.2, 0) is 0 Å². The van der Waals surface area contributed by atoms with Crippen LogP contribution in [0.15, 0.2) is 47.3 Å². The number of nitrogens with one attached hydrogen (secondary N) is 3. The molecule has 0 aliphatic carbocycles. The molecule has 0 saturated carbocycles. The van der Waals surface area contributed by atoms with Crippen molar-refractivity contribution in [2.24, 2.45) is 0 Å². The zero-order chi connectivity index (χ0) is 20.8. The number of anilines is 3. The summed E-state index contributed by atoms with van der Waals surface area (Å²) in [6, 6.07) is 9.18. The van der Waals surface area contributed by atoms with Crippen LogP contribution in [0.4, 0.5) is 21.9 Å². The summed E-state index contributed by atoms with van der Waals surface area (Å²) in [4.78, 5) is 16.0. The highest BCUT2D eigenvalue weighted by molar-refractivity contribution is 6.00. The Kier molecular flexibility index (Phi) is 4.13. The van der Waals surface area contributed by atoms with Gasteiger partial charge in [0.1, 0.15) is 29.1 Å². The van der Waals surface area contributed by atoms with Gasteiger partial charge >= 0.3 is 0 Å². The average Bonchev–Trinajstić information content (AvgIpc) is 3.33. The number of H-pyrrole nitrogens is 1. The van der Waals surface area contributed by atoms with E-state index in [2.05, 4.69) is 30.6 Å². The molecule has 2 aromatic carbocycles. The lowest BCUT2D eigenvalue weighted by Crippen LogP contribution is -1.96. The highest BCUT2D eigenvalue weighted by Gasteiger charge is 2.15. The van der Waals surface area contributed by atoms with Crippen LogP contribution in [-0.4, -0.2) is 27.0 Å². The van der Waals surface area contributed by atoms with Crippen molar-refractivity contribution in [3.8, 4) is 11.1 Å². The zero-order valence-electron chi connectivity index (χ0n) is 16.7. The Bertz CT molecular complexity index is 1400. The number of hydrogen-bond acceptors (Lipinski definition) is 6. The van der Waals surface area contributed by atoms with Gasteiger partial charge in [-0.1, -0.05) is 12.1 Å². The predicted molar refractivity (Wildman–Crippen MR) is 116 cm³/mol. The number of aryl methyl sites for hydroxylation is 2. The van der Waals surface area contributed by atoms with E-state index in [1.807, 2.05) is 32.0 Å². The van der Waals surface area contributed by atoms with Gasteiger partial charge in [0.15, 0.2) is 5.58 Å². The van der Waals surface area contributed by atoms with Crippen molar-refractivity contribution < 1.29 is 8.81 Å². The molecule has 0 aliphatic rings. The molecule has 5 aromatic rings. The molecule has 5 rings (SSSR count). The highest BCUT2D eigenvalue weighted by Crippen LogP contribution is 2.34. The lowest BCUT2D eigenvalue weighted by atomic mass is 10.1. The second-order valence-electron chi connectivity index (χ2n) is 7.17. The van der Waals surface area contributed by atoms with Crippen LogP contribution in [0.25, 0.3) is 33.3 Å². The summed E-state index contributed by atoms with van der Waals surface area (Å²) in [5, 5.41) is 6.80. The lowest BCUT2D eigenvalue weighted by molar-refractivity contribution is 0.610. The molecule has 0 saturated heterocycles. The third-order valence-corrected chi connectivity index (χ3v) is 5.05. The summed E-state index contributed by atoms with van der Waals surface area (Å²) in [5.74, 6) is 0.260. The molecule has 0 spiro atoms. The fourth-order valence-corrected chi connectivity index (χ4v) is 3.71. The summed E-state index contributed by atoms with van der Waals surface area (Å²) < 4.78 is 20.7. The maximum absolute atomic E-state index is 14.9. The van der Waals surface area contributed by atoms with E-state index in [4.69, 9.17) is 4.42 Å². The molecule has 0 aliphatic heterocycles. The van der Waals surface area contributed by atoms with Crippen molar-refractivity contribution in [3.05, 3.63) is 59.8 Å². The van der Waals surface area contributed by atoms with Gasteiger partial charge < -0.3 is 20.0 Å². The number of halogens is 1. The predicted octanol–water partition coefficient (Wildman–Crippen LogP) is 5.31. The van der Waals surface area contributed by atoms with Crippen molar-refractivity contribution in [2.75, 3.05) is 17.7 Å². The second kappa shape index (κ2) is 6.84. The van der Waals surface area contributed by atoms with Crippen LogP contribution in [0.2, 0.25) is 0 Å². The quantitative estimate of drug-likeness (QED) is 0.377. The molecule has 7 nitrogen and oxygen atoms in total. The molecule has 3 N–H and O–H groups in total. The Morgan fingerprint density at radius 2 is 1.97 bits per heavy atom. The lowest BCUT2D eigenvalue weighted by Gasteiger charge is -2.07.